The molecule has 1 atom stereocenters. The summed E-state index contributed by atoms with van der Waals surface area (Å²) in [5.41, 5.74) is 0. The molecule has 0 aliphatic heterocycles. The smallest absolute Gasteiger partial charge is 1.00 e. The second-order valence-electron chi connectivity index (χ2n) is 6.36. The second-order valence-corrected chi connectivity index (χ2v) is 7.96. The van der Waals surface area contributed by atoms with Gasteiger partial charge in [0.1, 0.15) is 0 Å². The van der Waals surface area contributed by atoms with Crippen LogP contribution in [0.3, 0.4) is 0 Å². The first kappa shape index (κ1) is 33.5. The predicted molar refractivity (Wildman–Crippen MR) is 102 cm³/mol. The van der Waals surface area contributed by atoms with Crippen LogP contribution in [0, 0.1) is 0 Å². The Labute approximate surface area is 217 Å². The zero-order chi connectivity index (χ0) is 19.8. The van der Waals surface area contributed by atoms with Crippen molar-refractivity contribution in [2.24, 2.45) is 0 Å². The van der Waals surface area contributed by atoms with E-state index in [0.717, 1.165) is 19.3 Å². The zero-order valence-electron chi connectivity index (χ0n) is 20.1. The van der Waals surface area contributed by atoms with Gasteiger partial charge in [0.05, 0.1) is 19.6 Å². The van der Waals surface area contributed by atoms with Gasteiger partial charge in [0.15, 0.2) is 5.25 Å². The molecule has 10 heteroatoms. The van der Waals surface area contributed by atoms with E-state index in [2.05, 4.69) is 11.7 Å². The standard InChI is InChI=1S/C18H34O7S.2Na.2H/c1-3-5-6-7-8-9-10-11-12-13-14-25-17(19)15-16(26(21,22)23)18(20)24-4-2;;;;/h16H,3-15H2,1-2H3,(H,21,22,23);;;;/q;2*+1;2*-1. The van der Waals surface area contributed by atoms with Crippen LogP contribution in [0.1, 0.15) is 87.3 Å². The second kappa shape index (κ2) is 21.1. The molecule has 0 aliphatic carbocycles. The summed E-state index contributed by atoms with van der Waals surface area (Å²) in [7, 11) is -4.71. The van der Waals surface area contributed by atoms with Gasteiger partial charge in [-0.05, 0) is 13.3 Å². The molecule has 0 spiro atoms. The van der Waals surface area contributed by atoms with E-state index in [0.29, 0.717) is 6.42 Å². The van der Waals surface area contributed by atoms with E-state index in [1.165, 1.54) is 45.4 Å². The maximum Gasteiger partial charge on any atom is 1.00 e. The summed E-state index contributed by atoms with van der Waals surface area (Å²) in [6, 6.07) is 0. The first-order valence-corrected chi connectivity index (χ1v) is 11.1. The molecule has 28 heavy (non-hydrogen) atoms. The van der Waals surface area contributed by atoms with Crippen LogP contribution in [-0.2, 0) is 29.2 Å². The third-order valence-corrected chi connectivity index (χ3v) is 5.10. The Morgan fingerprint density at radius 3 is 1.75 bits per heavy atom. The zero-order valence-corrected chi connectivity index (χ0v) is 22.9. The van der Waals surface area contributed by atoms with Gasteiger partial charge in [0, 0.05) is 0 Å². The van der Waals surface area contributed by atoms with Crippen molar-refractivity contribution in [2.45, 2.75) is 89.7 Å². The molecule has 1 N–H and O–H groups in total. The minimum Gasteiger partial charge on any atom is -1.00 e. The maximum absolute atomic E-state index is 11.7. The Morgan fingerprint density at radius 1 is 0.857 bits per heavy atom. The van der Waals surface area contributed by atoms with Crippen LogP contribution in [0.15, 0.2) is 0 Å². The molecule has 1 unspecified atom stereocenters. The van der Waals surface area contributed by atoms with Crippen molar-refractivity contribution >= 4 is 22.1 Å². The molecule has 0 amide bonds. The number of carbonyl (C=O) groups is 2. The topological polar surface area (TPSA) is 107 Å². The first-order valence-electron chi connectivity index (χ1n) is 9.61. The van der Waals surface area contributed by atoms with Gasteiger partial charge in [-0.25, -0.2) is 0 Å². The fourth-order valence-corrected chi connectivity index (χ4v) is 3.19. The Bertz CT molecular complexity index is 509. The average molecular weight is 443 g/mol. The van der Waals surface area contributed by atoms with Crippen molar-refractivity contribution in [1.82, 2.24) is 0 Å². The molecule has 0 rings (SSSR count). The maximum atomic E-state index is 11.7. The third kappa shape index (κ3) is 18.9. The number of ether oxygens (including phenoxy) is 2. The van der Waals surface area contributed by atoms with E-state index in [4.69, 9.17) is 9.29 Å². The molecule has 0 aromatic carbocycles. The Balaban J connectivity index is -0.000000521. The van der Waals surface area contributed by atoms with E-state index < -0.39 is 33.7 Å². The van der Waals surface area contributed by atoms with E-state index >= 15 is 0 Å². The number of carbonyl (C=O) groups excluding carboxylic acids is 2. The molecule has 0 saturated heterocycles. The van der Waals surface area contributed by atoms with Crippen molar-refractivity contribution in [3.63, 3.8) is 0 Å². The molecule has 0 heterocycles. The minimum absolute atomic E-state index is 0. The molecule has 7 nitrogen and oxygen atoms in total. The number of rotatable bonds is 16. The van der Waals surface area contributed by atoms with Crippen LogP contribution in [0.2, 0.25) is 0 Å². The molecule has 0 aromatic heterocycles. The molecule has 0 bridgehead atoms. The number of hydrogen-bond donors (Lipinski definition) is 1. The van der Waals surface area contributed by atoms with E-state index in [-0.39, 0.29) is 75.2 Å². The van der Waals surface area contributed by atoms with Crippen molar-refractivity contribution in [3.8, 4) is 0 Å². The van der Waals surface area contributed by atoms with Gasteiger partial charge < -0.3 is 12.3 Å². The first-order chi connectivity index (χ1) is 12.3. The monoisotopic (exact) mass is 442 g/mol. The van der Waals surface area contributed by atoms with Crippen LogP contribution in [0.25, 0.3) is 0 Å². The van der Waals surface area contributed by atoms with Gasteiger partial charge in [-0.15, -0.1) is 0 Å². The fraction of sp³-hybridized carbons (Fsp3) is 0.889. The summed E-state index contributed by atoms with van der Waals surface area (Å²) in [5.74, 6) is -1.98. The summed E-state index contributed by atoms with van der Waals surface area (Å²) in [4.78, 5) is 23.2. The van der Waals surface area contributed by atoms with Crippen molar-refractivity contribution < 1.29 is 94.0 Å². The number of unbranched alkanes of at least 4 members (excludes halogenated alkanes) is 9. The summed E-state index contributed by atoms with van der Waals surface area (Å²) < 4.78 is 40.9. The average Bonchev–Trinajstić information content (AvgIpc) is 2.56. The van der Waals surface area contributed by atoms with Crippen molar-refractivity contribution in [3.05, 3.63) is 0 Å². The van der Waals surface area contributed by atoms with Crippen LogP contribution in [-0.4, -0.2) is 43.4 Å². The van der Waals surface area contributed by atoms with Crippen molar-refractivity contribution in [2.75, 3.05) is 13.2 Å². The van der Waals surface area contributed by atoms with Crippen LogP contribution < -0.4 is 59.1 Å². The van der Waals surface area contributed by atoms with E-state index in [9.17, 15) is 18.0 Å². The normalized spacial score (nSPS) is 11.7. The quantitative estimate of drug-likeness (QED) is 0.126. The summed E-state index contributed by atoms with van der Waals surface area (Å²) >= 11 is 0. The molecule has 0 saturated carbocycles. The van der Waals surface area contributed by atoms with Gasteiger partial charge in [-0.2, -0.15) is 8.42 Å². The largest absolute Gasteiger partial charge is 1.00 e. The molecule has 0 radical (unpaired) electrons. The van der Waals surface area contributed by atoms with Gasteiger partial charge in [0.2, 0.25) is 0 Å². The minimum atomic E-state index is -4.71. The summed E-state index contributed by atoms with van der Waals surface area (Å²) in [6.07, 6.45) is 10.8. The van der Waals surface area contributed by atoms with Gasteiger partial charge in [0.25, 0.3) is 10.1 Å². The molecular formula is C18H36Na2O7S. The van der Waals surface area contributed by atoms with Gasteiger partial charge in [-0.3, -0.25) is 14.1 Å². The van der Waals surface area contributed by atoms with Gasteiger partial charge >= 0.3 is 71.1 Å². The SMILES string of the molecule is CCCCCCCCCCCCOC(=O)CC(C(=O)OCC)S(=O)(=O)O.[H-].[H-].[Na+].[Na+]. The third-order valence-electron chi connectivity index (χ3n) is 4.02. The van der Waals surface area contributed by atoms with Crippen LogP contribution in [0.5, 0.6) is 0 Å². The Kier molecular flexibility index (Phi) is 25.2. The summed E-state index contributed by atoms with van der Waals surface area (Å²) in [5, 5.41) is -1.93. The van der Waals surface area contributed by atoms with E-state index in [1.54, 1.807) is 0 Å². The Morgan fingerprint density at radius 2 is 1.32 bits per heavy atom. The van der Waals surface area contributed by atoms with Crippen LogP contribution in [0.4, 0.5) is 0 Å². The molecule has 158 valence electrons. The van der Waals surface area contributed by atoms with Gasteiger partial charge in [-0.1, -0.05) is 64.7 Å². The Hall–Kier alpha value is 0.850. The fourth-order valence-electron chi connectivity index (χ4n) is 2.53. The van der Waals surface area contributed by atoms with E-state index in [1.807, 2.05) is 0 Å². The molecule has 0 fully saturated rings. The molecular weight excluding hydrogens is 406 g/mol. The van der Waals surface area contributed by atoms with Crippen LogP contribution >= 0.6 is 0 Å². The summed E-state index contributed by atoms with van der Waals surface area (Å²) in [6.45, 7) is 3.84. The number of hydrogen-bond acceptors (Lipinski definition) is 6. The van der Waals surface area contributed by atoms with Crippen molar-refractivity contribution in [1.29, 1.82) is 0 Å². The molecule has 0 aromatic rings. The number of esters is 2. The molecule has 0 aliphatic rings. The predicted octanol–water partition coefficient (Wildman–Crippen LogP) is -2.11.